The number of benzene rings is 1. The fraction of sp³-hybridized carbons (Fsp3) is 0.300. The van der Waals surface area contributed by atoms with Crippen molar-refractivity contribution < 1.29 is 13.3 Å². The quantitative estimate of drug-likeness (QED) is 0.445. The molecule has 0 bridgehead atoms. The highest BCUT2D eigenvalue weighted by Gasteiger charge is 2.34. The first-order chi connectivity index (χ1) is 14.7. The molecule has 11 heteroatoms. The normalized spacial score (nSPS) is 15.4. The number of nitrogens with zero attached hydrogens (tertiary/aromatic N) is 5. The van der Waals surface area contributed by atoms with Gasteiger partial charge in [0.15, 0.2) is 0 Å². The fourth-order valence-electron chi connectivity index (χ4n) is 3.82. The Bertz CT molecular complexity index is 1340. The zero-order valence-electron chi connectivity index (χ0n) is 17.1. The van der Waals surface area contributed by atoms with Crippen LogP contribution in [0.5, 0.6) is 0 Å². The number of nitro groups is 1. The van der Waals surface area contributed by atoms with Crippen molar-refractivity contribution in [1.82, 2.24) is 13.7 Å². The van der Waals surface area contributed by atoms with Crippen LogP contribution < -0.4 is 10.5 Å². The van der Waals surface area contributed by atoms with Gasteiger partial charge in [0.05, 0.1) is 9.82 Å². The van der Waals surface area contributed by atoms with E-state index in [2.05, 4.69) is 4.98 Å². The molecule has 3 aromatic rings. The Kier molecular flexibility index (Phi) is 5.23. The van der Waals surface area contributed by atoms with Gasteiger partial charge in [-0.1, -0.05) is 23.8 Å². The second-order valence-electron chi connectivity index (χ2n) is 7.44. The van der Waals surface area contributed by atoms with Crippen molar-refractivity contribution in [3.05, 3.63) is 74.2 Å². The van der Waals surface area contributed by atoms with Crippen LogP contribution >= 0.6 is 0 Å². The van der Waals surface area contributed by atoms with E-state index in [1.54, 1.807) is 42.2 Å². The van der Waals surface area contributed by atoms with E-state index < -0.39 is 26.2 Å². The first-order valence-electron chi connectivity index (χ1n) is 9.68. The predicted octanol–water partition coefficient (Wildman–Crippen LogP) is 1.73. The molecule has 0 spiro atoms. The Hall–Kier alpha value is -3.31. The number of fused-ring (bicyclic) bond motifs is 1. The van der Waals surface area contributed by atoms with Crippen LogP contribution in [0.1, 0.15) is 11.1 Å². The summed E-state index contributed by atoms with van der Waals surface area (Å²) in [6, 6.07) is 10.0. The summed E-state index contributed by atoms with van der Waals surface area (Å²) in [5.74, 6) is -0.0373. The van der Waals surface area contributed by atoms with E-state index in [0.29, 0.717) is 11.2 Å². The zero-order valence-corrected chi connectivity index (χ0v) is 17.9. The molecule has 4 rings (SSSR count). The molecule has 0 radical (unpaired) electrons. The van der Waals surface area contributed by atoms with Crippen LogP contribution in [0.15, 0.2) is 52.3 Å². The lowest BCUT2D eigenvalue weighted by Gasteiger charge is -2.34. The van der Waals surface area contributed by atoms with E-state index >= 15 is 0 Å². The lowest BCUT2D eigenvalue weighted by Crippen LogP contribution is -2.49. The van der Waals surface area contributed by atoms with Crippen molar-refractivity contribution in [2.24, 2.45) is 0 Å². The minimum absolute atomic E-state index is 0.0373. The average Bonchev–Trinajstić information content (AvgIpc) is 2.73. The van der Waals surface area contributed by atoms with Gasteiger partial charge in [-0.2, -0.15) is 4.31 Å². The minimum Gasteiger partial charge on any atom is -0.348 e. The van der Waals surface area contributed by atoms with Crippen LogP contribution in [0.25, 0.3) is 5.65 Å². The van der Waals surface area contributed by atoms with Crippen molar-refractivity contribution in [3.63, 3.8) is 0 Å². The third-order valence-corrected chi connectivity index (χ3v) is 7.42. The third-order valence-electron chi connectivity index (χ3n) is 5.36. The summed E-state index contributed by atoms with van der Waals surface area (Å²) >= 11 is 0. The van der Waals surface area contributed by atoms with Crippen LogP contribution in [-0.2, 0) is 10.0 Å². The van der Waals surface area contributed by atoms with E-state index in [1.807, 2.05) is 13.0 Å². The molecular weight excluding hydrogens is 422 g/mol. The Balaban J connectivity index is 1.65. The molecule has 162 valence electrons. The maximum absolute atomic E-state index is 13.1. The van der Waals surface area contributed by atoms with Gasteiger partial charge in [-0.05, 0) is 37.6 Å². The summed E-state index contributed by atoms with van der Waals surface area (Å²) in [6.45, 7) is 4.27. The van der Waals surface area contributed by atoms with Crippen LogP contribution in [0, 0.1) is 24.0 Å². The molecule has 0 unspecified atom stereocenters. The van der Waals surface area contributed by atoms with Crippen molar-refractivity contribution >= 4 is 27.2 Å². The molecule has 0 saturated carbocycles. The Morgan fingerprint density at radius 1 is 1.06 bits per heavy atom. The smallest absolute Gasteiger partial charge is 0.348 e. The molecule has 2 aromatic heterocycles. The van der Waals surface area contributed by atoms with Crippen molar-refractivity contribution in [3.8, 4) is 0 Å². The molecule has 1 saturated heterocycles. The second-order valence-corrected chi connectivity index (χ2v) is 9.34. The van der Waals surface area contributed by atoms with E-state index in [9.17, 15) is 23.3 Å². The first kappa shape index (κ1) is 20.9. The van der Waals surface area contributed by atoms with Crippen LogP contribution in [0.2, 0.25) is 0 Å². The largest absolute Gasteiger partial charge is 0.376 e. The maximum atomic E-state index is 13.1. The molecule has 0 atom stereocenters. The standard InChI is InChI=1S/C20H21N5O5S/c1-14-6-7-16(15(2)13-14)31(29,30)23-11-9-22(10-12-23)19-18(25(27)28)20(26)24-8-4-3-5-17(24)21-19/h3-8,13H,9-12H2,1-2H3. The zero-order chi connectivity index (χ0) is 22.3. The van der Waals surface area contributed by atoms with Gasteiger partial charge < -0.3 is 4.90 Å². The Morgan fingerprint density at radius 2 is 1.77 bits per heavy atom. The van der Waals surface area contributed by atoms with Crippen LogP contribution in [0.3, 0.4) is 0 Å². The number of anilines is 1. The summed E-state index contributed by atoms with van der Waals surface area (Å²) in [4.78, 5) is 29.7. The molecule has 3 heterocycles. The lowest BCUT2D eigenvalue weighted by atomic mass is 10.2. The SMILES string of the molecule is Cc1ccc(S(=O)(=O)N2CCN(c3nc4ccccn4c(=O)c3[N+](=O)[O-])CC2)c(C)c1. The topological polar surface area (TPSA) is 118 Å². The summed E-state index contributed by atoms with van der Waals surface area (Å²) < 4.78 is 28.7. The van der Waals surface area contributed by atoms with Gasteiger partial charge in [0.1, 0.15) is 5.65 Å². The Labute approximate surface area is 178 Å². The molecule has 0 N–H and O–H groups in total. The van der Waals surface area contributed by atoms with Crippen molar-refractivity contribution in [2.75, 3.05) is 31.1 Å². The van der Waals surface area contributed by atoms with Crippen LogP contribution in [-0.4, -0.2) is 53.2 Å². The molecule has 1 aliphatic heterocycles. The average molecular weight is 443 g/mol. The van der Waals surface area contributed by atoms with Gasteiger partial charge in [-0.15, -0.1) is 0 Å². The number of sulfonamides is 1. The van der Waals surface area contributed by atoms with Crippen molar-refractivity contribution in [2.45, 2.75) is 18.7 Å². The number of aryl methyl sites for hydroxylation is 2. The lowest BCUT2D eigenvalue weighted by molar-refractivity contribution is -0.385. The van der Waals surface area contributed by atoms with Gasteiger partial charge >= 0.3 is 11.2 Å². The molecule has 31 heavy (non-hydrogen) atoms. The minimum atomic E-state index is -3.70. The Morgan fingerprint density at radius 3 is 2.42 bits per heavy atom. The molecular formula is C20H21N5O5S. The van der Waals surface area contributed by atoms with Gasteiger partial charge in [-0.3, -0.25) is 19.3 Å². The second kappa shape index (κ2) is 7.75. The third kappa shape index (κ3) is 3.66. The predicted molar refractivity (Wildman–Crippen MR) is 115 cm³/mol. The van der Waals surface area contributed by atoms with Gasteiger partial charge in [0, 0.05) is 32.4 Å². The van der Waals surface area contributed by atoms with Gasteiger partial charge in [0.2, 0.25) is 15.8 Å². The molecule has 10 nitrogen and oxygen atoms in total. The van der Waals surface area contributed by atoms with E-state index in [4.69, 9.17) is 0 Å². The first-order valence-corrected chi connectivity index (χ1v) is 11.1. The maximum Gasteiger partial charge on any atom is 0.376 e. The number of pyridine rings is 1. The monoisotopic (exact) mass is 443 g/mol. The fourth-order valence-corrected chi connectivity index (χ4v) is 5.44. The number of hydrogen-bond acceptors (Lipinski definition) is 7. The number of aromatic nitrogens is 2. The van der Waals surface area contributed by atoms with E-state index in [1.165, 1.54) is 10.5 Å². The molecule has 1 aliphatic rings. The highest BCUT2D eigenvalue weighted by Crippen LogP contribution is 2.27. The van der Waals surface area contributed by atoms with Gasteiger partial charge in [0.25, 0.3) is 0 Å². The summed E-state index contributed by atoms with van der Waals surface area (Å²) in [7, 11) is -3.70. The number of hydrogen-bond donors (Lipinski definition) is 0. The number of rotatable bonds is 4. The van der Waals surface area contributed by atoms with Crippen molar-refractivity contribution in [1.29, 1.82) is 0 Å². The van der Waals surface area contributed by atoms with Gasteiger partial charge in [-0.25, -0.2) is 13.4 Å². The number of piperazine rings is 1. The summed E-state index contributed by atoms with van der Waals surface area (Å²) in [6.07, 6.45) is 1.43. The van der Waals surface area contributed by atoms with E-state index in [-0.39, 0.29) is 36.9 Å². The van der Waals surface area contributed by atoms with Crippen LogP contribution in [0.4, 0.5) is 11.5 Å². The van der Waals surface area contributed by atoms with E-state index in [0.717, 1.165) is 9.96 Å². The molecule has 0 amide bonds. The highest BCUT2D eigenvalue weighted by molar-refractivity contribution is 7.89. The summed E-state index contributed by atoms with van der Waals surface area (Å²) in [5.41, 5.74) is 0.549. The highest BCUT2D eigenvalue weighted by atomic mass is 32.2. The summed E-state index contributed by atoms with van der Waals surface area (Å²) in [5, 5.41) is 11.6. The molecule has 1 aromatic carbocycles. The molecule has 1 fully saturated rings. The molecule has 0 aliphatic carbocycles.